The third-order valence-electron chi connectivity index (χ3n) is 3.40. The van der Waals surface area contributed by atoms with Crippen LogP contribution >= 0.6 is 15.9 Å². The van der Waals surface area contributed by atoms with E-state index in [-0.39, 0.29) is 5.75 Å². The third-order valence-corrected chi connectivity index (χ3v) is 4.70. The summed E-state index contributed by atoms with van der Waals surface area (Å²) in [4.78, 5) is 0. The smallest absolute Gasteiger partial charge is 0.265 e. The van der Waals surface area contributed by atoms with Crippen molar-refractivity contribution in [2.24, 2.45) is 0 Å². The Morgan fingerprint density at radius 1 is 1.40 bits per heavy atom. The van der Waals surface area contributed by atoms with E-state index in [1.165, 1.54) is 0 Å². The van der Waals surface area contributed by atoms with Crippen LogP contribution in [0.5, 0.6) is 0 Å². The highest BCUT2D eigenvalue weighted by atomic mass is 79.9. The average Bonchev–Trinajstić information content (AvgIpc) is 2.60. The predicted molar refractivity (Wildman–Crippen MR) is 81.3 cm³/mol. The SMILES string of the molecule is CC[n+]1c(C)n(CCCS(=O)(=O)O)c2cc(Br)ccc21. The second kappa shape index (κ2) is 5.83. The molecule has 0 amide bonds. The van der Waals surface area contributed by atoms with Crippen molar-refractivity contribution in [1.82, 2.24) is 4.57 Å². The quantitative estimate of drug-likeness (QED) is 0.656. The Labute approximate surface area is 127 Å². The third kappa shape index (κ3) is 3.21. The van der Waals surface area contributed by atoms with E-state index in [2.05, 4.69) is 38.1 Å². The number of imidazole rings is 1. The van der Waals surface area contributed by atoms with Crippen LogP contribution in [0.1, 0.15) is 19.2 Å². The lowest BCUT2D eigenvalue weighted by molar-refractivity contribution is -0.675. The Hall–Kier alpha value is -0.920. The van der Waals surface area contributed by atoms with Crippen molar-refractivity contribution >= 4 is 37.1 Å². The van der Waals surface area contributed by atoms with Crippen LogP contribution in [0.25, 0.3) is 11.0 Å². The van der Waals surface area contributed by atoms with Crippen molar-refractivity contribution in [3.05, 3.63) is 28.5 Å². The van der Waals surface area contributed by atoms with Crippen LogP contribution in [-0.4, -0.2) is 23.3 Å². The van der Waals surface area contributed by atoms with Crippen LogP contribution in [0.15, 0.2) is 22.7 Å². The molecule has 7 heteroatoms. The molecule has 0 atom stereocenters. The first-order chi connectivity index (χ1) is 9.33. The highest BCUT2D eigenvalue weighted by Gasteiger charge is 2.20. The second-order valence-electron chi connectivity index (χ2n) is 4.72. The molecule has 1 aromatic carbocycles. The van der Waals surface area contributed by atoms with E-state index in [1.807, 2.05) is 19.1 Å². The van der Waals surface area contributed by atoms with Gasteiger partial charge in [-0.2, -0.15) is 8.42 Å². The summed E-state index contributed by atoms with van der Waals surface area (Å²) >= 11 is 3.46. The highest BCUT2D eigenvalue weighted by molar-refractivity contribution is 9.10. The average molecular weight is 362 g/mol. The van der Waals surface area contributed by atoms with E-state index in [0.29, 0.717) is 13.0 Å². The van der Waals surface area contributed by atoms with E-state index < -0.39 is 10.1 Å². The van der Waals surface area contributed by atoms with Gasteiger partial charge in [-0.15, -0.1) is 0 Å². The van der Waals surface area contributed by atoms with Gasteiger partial charge in [0, 0.05) is 23.9 Å². The zero-order valence-electron chi connectivity index (χ0n) is 11.5. The van der Waals surface area contributed by atoms with Crippen molar-refractivity contribution in [2.45, 2.75) is 33.4 Å². The number of aryl methyl sites for hydroxylation is 2. The summed E-state index contributed by atoms with van der Waals surface area (Å²) < 4.78 is 35.7. The van der Waals surface area contributed by atoms with Gasteiger partial charge < -0.3 is 0 Å². The summed E-state index contributed by atoms with van der Waals surface area (Å²) in [6, 6.07) is 6.08. The topological polar surface area (TPSA) is 63.2 Å². The van der Waals surface area contributed by atoms with Gasteiger partial charge in [0.25, 0.3) is 15.9 Å². The van der Waals surface area contributed by atoms with Crippen LogP contribution in [0, 0.1) is 6.92 Å². The van der Waals surface area contributed by atoms with E-state index >= 15 is 0 Å². The lowest BCUT2D eigenvalue weighted by Gasteiger charge is -2.00. The number of nitrogens with zero attached hydrogens (tertiary/aromatic N) is 2. The van der Waals surface area contributed by atoms with Crippen LogP contribution in [-0.2, 0) is 23.2 Å². The summed E-state index contributed by atoms with van der Waals surface area (Å²) in [6.07, 6.45) is 0.389. The fraction of sp³-hybridized carbons (Fsp3) is 0.462. The maximum absolute atomic E-state index is 10.8. The van der Waals surface area contributed by atoms with Gasteiger partial charge in [0.05, 0.1) is 18.8 Å². The first-order valence-electron chi connectivity index (χ1n) is 6.47. The molecule has 0 unspecified atom stereocenters. The van der Waals surface area contributed by atoms with Gasteiger partial charge in [0.2, 0.25) is 0 Å². The molecule has 2 rings (SSSR count). The van der Waals surface area contributed by atoms with E-state index in [4.69, 9.17) is 4.55 Å². The Balaban J connectivity index is 2.41. The predicted octanol–water partition coefficient (Wildman–Crippen LogP) is 2.30. The summed E-state index contributed by atoms with van der Waals surface area (Å²) in [7, 11) is -3.90. The zero-order valence-corrected chi connectivity index (χ0v) is 13.9. The molecular formula is C13H18BrN2O3S+. The number of aromatic nitrogens is 2. The lowest BCUT2D eigenvalue weighted by Crippen LogP contribution is -2.35. The van der Waals surface area contributed by atoms with Crippen LogP contribution in [0.4, 0.5) is 0 Å². The number of halogens is 1. The summed E-state index contributed by atoms with van der Waals surface area (Å²) in [5, 5.41) is 0. The molecule has 1 aromatic heterocycles. The molecule has 0 saturated carbocycles. The number of benzene rings is 1. The van der Waals surface area contributed by atoms with Gasteiger partial charge in [-0.05, 0) is 19.1 Å². The number of rotatable bonds is 5. The van der Waals surface area contributed by atoms with Crippen molar-refractivity contribution in [2.75, 3.05) is 5.75 Å². The maximum Gasteiger partial charge on any atom is 0.265 e. The maximum atomic E-state index is 10.8. The summed E-state index contributed by atoms with van der Waals surface area (Å²) in [5.74, 6) is 0.864. The first kappa shape index (κ1) is 15.5. The molecule has 20 heavy (non-hydrogen) atoms. The van der Waals surface area contributed by atoms with Gasteiger partial charge in [-0.25, -0.2) is 9.13 Å². The fourth-order valence-corrected chi connectivity index (χ4v) is 3.36. The normalized spacial score (nSPS) is 12.2. The Morgan fingerprint density at radius 3 is 2.70 bits per heavy atom. The molecule has 0 aliphatic rings. The van der Waals surface area contributed by atoms with Crippen molar-refractivity contribution < 1.29 is 17.5 Å². The molecule has 0 aliphatic carbocycles. The van der Waals surface area contributed by atoms with E-state index in [0.717, 1.165) is 27.9 Å². The molecule has 2 aromatic rings. The molecule has 0 bridgehead atoms. The van der Waals surface area contributed by atoms with Crippen LogP contribution in [0.2, 0.25) is 0 Å². The molecule has 0 radical (unpaired) electrons. The fourth-order valence-electron chi connectivity index (χ4n) is 2.52. The molecule has 0 aliphatic heterocycles. The number of hydrogen-bond donors (Lipinski definition) is 1. The molecule has 1 N–H and O–H groups in total. The summed E-state index contributed by atoms with van der Waals surface area (Å²) in [6.45, 7) is 5.52. The van der Waals surface area contributed by atoms with Gasteiger partial charge in [0.15, 0.2) is 11.0 Å². The largest absolute Gasteiger partial charge is 0.286 e. The van der Waals surface area contributed by atoms with Crippen molar-refractivity contribution in [3.63, 3.8) is 0 Å². The minimum absolute atomic E-state index is 0.216. The monoisotopic (exact) mass is 361 g/mol. The van der Waals surface area contributed by atoms with Crippen LogP contribution < -0.4 is 4.57 Å². The zero-order chi connectivity index (χ0) is 14.9. The Kier molecular flexibility index (Phi) is 4.51. The van der Waals surface area contributed by atoms with Gasteiger partial charge in [-0.1, -0.05) is 15.9 Å². The van der Waals surface area contributed by atoms with Gasteiger partial charge >= 0.3 is 0 Å². The van der Waals surface area contributed by atoms with Crippen LogP contribution in [0.3, 0.4) is 0 Å². The van der Waals surface area contributed by atoms with Gasteiger partial charge in [0.1, 0.15) is 0 Å². The highest BCUT2D eigenvalue weighted by Crippen LogP contribution is 2.20. The molecule has 0 spiro atoms. The molecule has 110 valence electrons. The minimum Gasteiger partial charge on any atom is -0.286 e. The number of fused-ring (bicyclic) bond motifs is 1. The Morgan fingerprint density at radius 2 is 2.10 bits per heavy atom. The van der Waals surface area contributed by atoms with Crippen molar-refractivity contribution in [3.8, 4) is 0 Å². The van der Waals surface area contributed by atoms with E-state index in [1.54, 1.807) is 0 Å². The van der Waals surface area contributed by atoms with Gasteiger partial charge in [-0.3, -0.25) is 4.55 Å². The lowest BCUT2D eigenvalue weighted by atomic mass is 10.3. The molecule has 1 heterocycles. The first-order valence-corrected chi connectivity index (χ1v) is 8.87. The molecule has 0 saturated heterocycles. The standard InChI is InChI=1S/C13H17BrN2O3S/c1-3-15-10(2)16(7-4-8-20(17,18)19)13-9-11(14)5-6-12(13)15/h5-6,9H,3-4,7-8H2,1-2H3/p+1. The van der Waals surface area contributed by atoms with E-state index in [9.17, 15) is 8.42 Å². The molecule has 0 fully saturated rings. The Bertz CT molecular complexity index is 738. The molecular weight excluding hydrogens is 344 g/mol. The minimum atomic E-state index is -3.90. The van der Waals surface area contributed by atoms with Crippen molar-refractivity contribution in [1.29, 1.82) is 0 Å². The number of hydrogen-bond acceptors (Lipinski definition) is 2. The molecule has 5 nitrogen and oxygen atoms in total. The summed E-state index contributed by atoms with van der Waals surface area (Å²) in [5.41, 5.74) is 2.19. The second-order valence-corrected chi connectivity index (χ2v) is 7.20.